The molecule has 1 aromatic carbocycles. The molecule has 7 heteroatoms. The van der Waals surface area contributed by atoms with Crippen molar-refractivity contribution in [1.82, 2.24) is 9.80 Å². The predicted octanol–water partition coefficient (Wildman–Crippen LogP) is 2.68. The summed E-state index contributed by atoms with van der Waals surface area (Å²) in [6.07, 6.45) is 0. The maximum atomic E-state index is 12.4. The second-order valence-electron chi connectivity index (χ2n) is 6.47. The van der Waals surface area contributed by atoms with Crippen LogP contribution in [-0.2, 0) is 16.1 Å². The average Bonchev–Trinajstić information content (AvgIpc) is 3.12. The van der Waals surface area contributed by atoms with Crippen molar-refractivity contribution in [1.29, 1.82) is 0 Å². The molecule has 0 spiro atoms. The Hall–Kier alpha value is -2.22. The molecule has 6 nitrogen and oxygen atoms in total. The maximum absolute atomic E-state index is 12.4. The Morgan fingerprint density at radius 2 is 1.78 bits per heavy atom. The second-order valence-corrected chi connectivity index (χ2v) is 7.39. The van der Waals surface area contributed by atoms with Crippen LogP contribution >= 0.6 is 11.3 Å². The normalized spacial score (nSPS) is 15.4. The minimum absolute atomic E-state index is 0.0977. The van der Waals surface area contributed by atoms with Crippen molar-refractivity contribution in [2.75, 3.05) is 44.6 Å². The molecule has 1 aliphatic heterocycles. The van der Waals surface area contributed by atoms with Crippen LogP contribution in [0, 0.1) is 0 Å². The standard InChI is InChI=1S/C20H25N3O3S/c1-2-26-20(25)17-8-13-27-19(17)21-18(24)15-23-11-9-22(10-12-23)14-16-6-4-3-5-7-16/h3-8,13H,2,9-12,14-15H2,1H3,(H,21,24). The van der Waals surface area contributed by atoms with Gasteiger partial charge in [-0.05, 0) is 23.9 Å². The molecule has 2 heterocycles. The number of anilines is 1. The van der Waals surface area contributed by atoms with E-state index in [-0.39, 0.29) is 5.91 Å². The predicted molar refractivity (Wildman–Crippen MR) is 107 cm³/mol. The van der Waals surface area contributed by atoms with Gasteiger partial charge < -0.3 is 10.1 Å². The highest BCUT2D eigenvalue weighted by molar-refractivity contribution is 7.14. The molecule has 3 rings (SSSR count). The van der Waals surface area contributed by atoms with Gasteiger partial charge in [-0.1, -0.05) is 30.3 Å². The van der Waals surface area contributed by atoms with E-state index in [1.807, 2.05) is 6.07 Å². The molecule has 0 saturated carbocycles. The van der Waals surface area contributed by atoms with Crippen LogP contribution in [0.25, 0.3) is 0 Å². The summed E-state index contributed by atoms with van der Waals surface area (Å²) in [7, 11) is 0. The van der Waals surface area contributed by atoms with E-state index in [1.54, 1.807) is 18.4 Å². The van der Waals surface area contributed by atoms with E-state index < -0.39 is 5.97 Å². The largest absolute Gasteiger partial charge is 0.462 e. The van der Waals surface area contributed by atoms with Gasteiger partial charge in [-0.25, -0.2) is 4.79 Å². The third kappa shape index (κ3) is 5.63. The van der Waals surface area contributed by atoms with Gasteiger partial charge in [-0.3, -0.25) is 14.6 Å². The number of esters is 1. The van der Waals surface area contributed by atoms with Crippen molar-refractivity contribution in [2.45, 2.75) is 13.5 Å². The fourth-order valence-electron chi connectivity index (χ4n) is 3.09. The minimum Gasteiger partial charge on any atom is -0.462 e. The molecular weight excluding hydrogens is 362 g/mol. The average molecular weight is 388 g/mol. The molecule has 1 aliphatic rings. The first-order valence-electron chi connectivity index (χ1n) is 9.19. The van der Waals surface area contributed by atoms with Crippen molar-refractivity contribution < 1.29 is 14.3 Å². The molecular formula is C20H25N3O3S. The molecule has 1 N–H and O–H groups in total. The Bertz CT molecular complexity index is 755. The molecule has 0 radical (unpaired) electrons. The maximum Gasteiger partial charge on any atom is 0.341 e. The van der Waals surface area contributed by atoms with E-state index in [0.717, 1.165) is 32.7 Å². The minimum atomic E-state index is -0.399. The third-order valence-corrected chi connectivity index (χ3v) is 5.32. The Labute approximate surface area is 163 Å². The summed E-state index contributed by atoms with van der Waals surface area (Å²) in [6, 6.07) is 12.1. The third-order valence-electron chi connectivity index (χ3n) is 4.49. The molecule has 1 aromatic heterocycles. The lowest BCUT2D eigenvalue weighted by Gasteiger charge is -2.34. The highest BCUT2D eigenvalue weighted by Gasteiger charge is 2.21. The van der Waals surface area contributed by atoms with E-state index in [1.165, 1.54) is 16.9 Å². The fraction of sp³-hybridized carbons (Fsp3) is 0.400. The number of hydrogen-bond donors (Lipinski definition) is 1. The quantitative estimate of drug-likeness (QED) is 0.740. The Morgan fingerprint density at radius 3 is 2.48 bits per heavy atom. The highest BCUT2D eigenvalue weighted by atomic mass is 32.1. The van der Waals surface area contributed by atoms with Gasteiger partial charge in [-0.2, -0.15) is 0 Å². The van der Waals surface area contributed by atoms with Crippen LogP contribution < -0.4 is 5.32 Å². The smallest absolute Gasteiger partial charge is 0.341 e. The van der Waals surface area contributed by atoms with E-state index in [4.69, 9.17) is 4.74 Å². The lowest BCUT2D eigenvalue weighted by atomic mass is 10.2. The zero-order valence-corrected chi connectivity index (χ0v) is 16.3. The van der Waals surface area contributed by atoms with Gasteiger partial charge in [0, 0.05) is 32.7 Å². The lowest BCUT2D eigenvalue weighted by Crippen LogP contribution is -2.48. The van der Waals surface area contributed by atoms with Gasteiger partial charge in [0.1, 0.15) is 5.00 Å². The van der Waals surface area contributed by atoms with Crippen molar-refractivity contribution >= 4 is 28.2 Å². The molecule has 1 saturated heterocycles. The monoisotopic (exact) mass is 387 g/mol. The highest BCUT2D eigenvalue weighted by Crippen LogP contribution is 2.24. The lowest BCUT2D eigenvalue weighted by molar-refractivity contribution is -0.117. The van der Waals surface area contributed by atoms with E-state index in [2.05, 4.69) is 39.4 Å². The number of hydrogen-bond acceptors (Lipinski definition) is 6. The van der Waals surface area contributed by atoms with Crippen molar-refractivity contribution in [3.63, 3.8) is 0 Å². The number of piperazine rings is 1. The number of rotatable bonds is 7. The van der Waals surface area contributed by atoms with Gasteiger partial charge in [0.15, 0.2) is 0 Å². The number of ether oxygens (including phenoxy) is 1. The molecule has 27 heavy (non-hydrogen) atoms. The van der Waals surface area contributed by atoms with E-state index >= 15 is 0 Å². The first kappa shape index (κ1) is 19.5. The molecule has 0 unspecified atom stereocenters. The molecule has 0 atom stereocenters. The van der Waals surface area contributed by atoms with Gasteiger partial charge in [-0.15, -0.1) is 11.3 Å². The molecule has 144 valence electrons. The molecule has 1 fully saturated rings. The number of benzene rings is 1. The first-order valence-corrected chi connectivity index (χ1v) is 10.1. The molecule has 0 bridgehead atoms. The summed E-state index contributed by atoms with van der Waals surface area (Å²) in [6.45, 7) is 6.95. The van der Waals surface area contributed by atoms with Gasteiger partial charge >= 0.3 is 5.97 Å². The van der Waals surface area contributed by atoms with Crippen molar-refractivity contribution in [3.05, 3.63) is 52.9 Å². The topological polar surface area (TPSA) is 61.9 Å². The van der Waals surface area contributed by atoms with Crippen molar-refractivity contribution in [3.8, 4) is 0 Å². The zero-order chi connectivity index (χ0) is 19.1. The summed E-state index contributed by atoms with van der Waals surface area (Å²) in [4.78, 5) is 28.8. The van der Waals surface area contributed by atoms with Crippen molar-refractivity contribution in [2.24, 2.45) is 0 Å². The Balaban J connectivity index is 1.45. The van der Waals surface area contributed by atoms with Crippen LogP contribution in [0.3, 0.4) is 0 Å². The zero-order valence-electron chi connectivity index (χ0n) is 15.5. The first-order chi connectivity index (χ1) is 13.2. The van der Waals surface area contributed by atoms with Gasteiger partial charge in [0.05, 0.1) is 18.7 Å². The summed E-state index contributed by atoms with van der Waals surface area (Å²) < 4.78 is 5.02. The number of nitrogens with one attached hydrogen (secondary N) is 1. The van der Waals surface area contributed by atoms with E-state index in [0.29, 0.717) is 23.7 Å². The number of carbonyl (C=O) groups excluding carboxylic acids is 2. The number of thiophene rings is 1. The van der Waals surface area contributed by atoms with Crippen LogP contribution in [0.15, 0.2) is 41.8 Å². The molecule has 2 aromatic rings. The van der Waals surface area contributed by atoms with Crippen LogP contribution in [-0.4, -0.2) is 61.0 Å². The van der Waals surface area contributed by atoms with E-state index in [9.17, 15) is 9.59 Å². The van der Waals surface area contributed by atoms with Crippen LogP contribution in [0.5, 0.6) is 0 Å². The van der Waals surface area contributed by atoms with Crippen LogP contribution in [0.1, 0.15) is 22.8 Å². The number of amides is 1. The fourth-order valence-corrected chi connectivity index (χ4v) is 3.88. The Kier molecular flexibility index (Phi) is 6.98. The second kappa shape index (κ2) is 9.64. The SMILES string of the molecule is CCOC(=O)c1ccsc1NC(=O)CN1CCN(Cc2ccccc2)CC1. The Morgan fingerprint density at radius 1 is 1.07 bits per heavy atom. The summed E-state index contributed by atoms with van der Waals surface area (Å²) in [5.41, 5.74) is 1.73. The molecule has 0 aliphatic carbocycles. The number of carbonyl (C=O) groups is 2. The van der Waals surface area contributed by atoms with Gasteiger partial charge in [0.25, 0.3) is 0 Å². The molecule has 1 amide bonds. The summed E-state index contributed by atoms with van der Waals surface area (Å²) in [5.74, 6) is -0.497. The van der Waals surface area contributed by atoms with Crippen LogP contribution in [0.4, 0.5) is 5.00 Å². The number of nitrogens with zero attached hydrogens (tertiary/aromatic N) is 2. The van der Waals surface area contributed by atoms with Crippen LogP contribution in [0.2, 0.25) is 0 Å². The summed E-state index contributed by atoms with van der Waals surface area (Å²) in [5, 5.41) is 5.19. The van der Waals surface area contributed by atoms with Gasteiger partial charge in [0.2, 0.25) is 5.91 Å². The summed E-state index contributed by atoms with van der Waals surface area (Å²) >= 11 is 1.34.